The number of nitrogens with zero attached hydrogens (tertiary/aromatic N) is 2. The zero-order valence-electron chi connectivity index (χ0n) is 16.7. The van der Waals surface area contributed by atoms with Crippen molar-refractivity contribution in [1.82, 2.24) is 4.90 Å². The van der Waals surface area contributed by atoms with Gasteiger partial charge in [-0.2, -0.15) is 0 Å². The molecule has 2 rings (SSSR count). The Labute approximate surface area is 149 Å². The molecule has 24 heavy (non-hydrogen) atoms. The number of benzene rings is 1. The maximum absolute atomic E-state index is 6.32. The van der Waals surface area contributed by atoms with Crippen LogP contribution in [0.25, 0.3) is 0 Å². The maximum Gasteiger partial charge on any atom is 0.184 e. The first-order chi connectivity index (χ1) is 11.0. The number of anilines is 1. The van der Waals surface area contributed by atoms with Crippen molar-refractivity contribution in [2.45, 2.75) is 66.3 Å². The Balaban J connectivity index is 1.96. The minimum Gasteiger partial charge on any atom is -0.413 e. The lowest BCUT2D eigenvalue weighted by Gasteiger charge is -2.34. The first-order valence-electron chi connectivity index (χ1n) is 8.94. The molecule has 4 heteroatoms. The fourth-order valence-corrected chi connectivity index (χ4v) is 5.43. The standard InChI is InChI=1S/C20H34N2OSi/c1-16-13-17(2)19(18(3)14-16)22-12-11-21(15-22)10-9-20(4,5)23-24(6,7)8/h11-14H,9-10,15H2,1-8H3. The molecule has 1 aromatic rings. The third kappa shape index (κ3) is 5.12. The van der Waals surface area contributed by atoms with Crippen molar-refractivity contribution in [2.24, 2.45) is 0 Å². The van der Waals surface area contributed by atoms with Crippen molar-refractivity contribution in [3.05, 3.63) is 41.2 Å². The first kappa shape index (κ1) is 19.1. The predicted octanol–water partition coefficient (Wildman–Crippen LogP) is 5.18. The maximum atomic E-state index is 6.32. The van der Waals surface area contributed by atoms with Crippen molar-refractivity contribution in [1.29, 1.82) is 0 Å². The molecular weight excluding hydrogens is 312 g/mol. The second-order valence-corrected chi connectivity index (χ2v) is 13.1. The molecule has 0 saturated heterocycles. The number of hydrogen-bond donors (Lipinski definition) is 0. The third-order valence-corrected chi connectivity index (χ3v) is 5.46. The zero-order valence-corrected chi connectivity index (χ0v) is 17.7. The topological polar surface area (TPSA) is 15.7 Å². The Bertz CT molecular complexity index is 594. The van der Waals surface area contributed by atoms with E-state index in [0.717, 1.165) is 19.6 Å². The molecule has 0 fully saturated rings. The van der Waals surface area contributed by atoms with E-state index in [-0.39, 0.29) is 5.60 Å². The normalized spacial score (nSPS) is 15.5. The second-order valence-electron chi connectivity index (χ2n) is 8.69. The minimum absolute atomic E-state index is 0.0541. The van der Waals surface area contributed by atoms with Crippen molar-refractivity contribution in [3.8, 4) is 0 Å². The van der Waals surface area contributed by atoms with Gasteiger partial charge < -0.3 is 14.2 Å². The molecule has 0 aliphatic carbocycles. The molecule has 0 bridgehead atoms. The van der Waals surface area contributed by atoms with E-state index in [1.807, 2.05) is 0 Å². The summed E-state index contributed by atoms with van der Waals surface area (Å²) in [6, 6.07) is 4.54. The molecule has 0 radical (unpaired) electrons. The Hall–Kier alpha value is -1.26. The highest BCUT2D eigenvalue weighted by atomic mass is 28.4. The van der Waals surface area contributed by atoms with Crippen molar-refractivity contribution >= 4 is 14.0 Å². The molecule has 1 aromatic carbocycles. The number of rotatable bonds is 6. The summed E-state index contributed by atoms with van der Waals surface area (Å²) in [6.45, 7) is 19.7. The van der Waals surface area contributed by atoms with Crippen LogP contribution >= 0.6 is 0 Å². The van der Waals surface area contributed by atoms with E-state index in [2.05, 4.69) is 88.6 Å². The van der Waals surface area contributed by atoms with Crippen LogP contribution < -0.4 is 4.90 Å². The van der Waals surface area contributed by atoms with Crippen molar-refractivity contribution < 1.29 is 4.43 Å². The molecule has 134 valence electrons. The molecule has 0 amide bonds. The van der Waals surface area contributed by atoms with Crippen molar-refractivity contribution in [2.75, 3.05) is 18.1 Å². The summed E-state index contributed by atoms with van der Waals surface area (Å²) < 4.78 is 6.32. The Morgan fingerprint density at radius 3 is 2.17 bits per heavy atom. The molecule has 0 spiro atoms. The van der Waals surface area contributed by atoms with E-state index >= 15 is 0 Å². The summed E-state index contributed by atoms with van der Waals surface area (Å²) in [7, 11) is -1.50. The molecule has 0 saturated carbocycles. The lowest BCUT2D eigenvalue weighted by molar-refractivity contribution is 0.0829. The smallest absolute Gasteiger partial charge is 0.184 e. The van der Waals surface area contributed by atoms with Crippen LogP contribution in [0.2, 0.25) is 19.6 Å². The van der Waals surface area contributed by atoms with Crippen LogP contribution in [0, 0.1) is 20.8 Å². The van der Waals surface area contributed by atoms with Crippen LogP contribution in [-0.2, 0) is 4.43 Å². The van der Waals surface area contributed by atoms with Crippen LogP contribution in [0.1, 0.15) is 37.0 Å². The molecule has 0 atom stereocenters. The van der Waals surface area contributed by atoms with Crippen LogP contribution in [-0.4, -0.2) is 32.0 Å². The van der Waals surface area contributed by atoms with Gasteiger partial charge in [0.1, 0.15) is 0 Å². The van der Waals surface area contributed by atoms with Gasteiger partial charge in [-0.25, -0.2) is 0 Å². The number of aryl methyl sites for hydroxylation is 3. The summed E-state index contributed by atoms with van der Waals surface area (Å²) in [5.41, 5.74) is 5.32. The van der Waals surface area contributed by atoms with Crippen LogP contribution in [0.5, 0.6) is 0 Å². The van der Waals surface area contributed by atoms with Gasteiger partial charge in [0, 0.05) is 24.6 Å². The molecule has 3 nitrogen and oxygen atoms in total. The second kappa shape index (κ2) is 6.93. The summed E-state index contributed by atoms with van der Waals surface area (Å²) in [6.07, 6.45) is 5.46. The molecular formula is C20H34N2OSi. The van der Waals surface area contributed by atoms with Gasteiger partial charge in [-0.1, -0.05) is 17.7 Å². The molecule has 0 N–H and O–H groups in total. The van der Waals surface area contributed by atoms with Gasteiger partial charge >= 0.3 is 0 Å². The Morgan fingerprint density at radius 1 is 1.04 bits per heavy atom. The predicted molar refractivity (Wildman–Crippen MR) is 107 cm³/mol. The Kier molecular flexibility index (Phi) is 5.50. The number of hydrogen-bond acceptors (Lipinski definition) is 3. The fourth-order valence-electron chi connectivity index (χ4n) is 3.67. The van der Waals surface area contributed by atoms with E-state index in [1.54, 1.807) is 0 Å². The summed E-state index contributed by atoms with van der Waals surface area (Å²) in [4.78, 5) is 4.74. The van der Waals surface area contributed by atoms with E-state index < -0.39 is 8.32 Å². The monoisotopic (exact) mass is 346 g/mol. The largest absolute Gasteiger partial charge is 0.413 e. The first-order valence-corrected chi connectivity index (χ1v) is 12.3. The zero-order chi connectivity index (χ0) is 18.1. The van der Waals surface area contributed by atoms with Gasteiger partial charge in [0.15, 0.2) is 8.32 Å². The minimum atomic E-state index is -1.50. The molecule has 1 heterocycles. The van der Waals surface area contributed by atoms with E-state index in [1.165, 1.54) is 22.4 Å². The molecule has 1 aliphatic rings. The quantitative estimate of drug-likeness (QED) is 0.660. The average molecular weight is 347 g/mol. The highest BCUT2D eigenvalue weighted by Gasteiger charge is 2.28. The van der Waals surface area contributed by atoms with Crippen LogP contribution in [0.15, 0.2) is 24.5 Å². The highest BCUT2D eigenvalue weighted by molar-refractivity contribution is 6.69. The van der Waals surface area contributed by atoms with Crippen molar-refractivity contribution in [3.63, 3.8) is 0 Å². The molecule has 0 aromatic heterocycles. The summed E-state index contributed by atoms with van der Waals surface area (Å²) in [5, 5.41) is 0. The lowest BCUT2D eigenvalue weighted by Crippen LogP contribution is -2.40. The van der Waals surface area contributed by atoms with E-state index in [9.17, 15) is 0 Å². The van der Waals surface area contributed by atoms with Crippen LogP contribution in [0.3, 0.4) is 0 Å². The lowest BCUT2D eigenvalue weighted by atomic mass is 10.0. The highest BCUT2D eigenvalue weighted by Crippen LogP contribution is 2.29. The summed E-state index contributed by atoms with van der Waals surface area (Å²) in [5.74, 6) is 0. The van der Waals surface area contributed by atoms with E-state index in [4.69, 9.17) is 4.43 Å². The van der Waals surface area contributed by atoms with Gasteiger partial charge in [0.2, 0.25) is 0 Å². The SMILES string of the molecule is Cc1cc(C)c(N2C=CN(CCC(C)(C)O[Si](C)(C)C)C2)c(C)c1. The van der Waals surface area contributed by atoms with Gasteiger partial charge in [-0.05, 0) is 71.8 Å². The van der Waals surface area contributed by atoms with E-state index in [0.29, 0.717) is 0 Å². The average Bonchev–Trinajstić information content (AvgIpc) is 2.81. The van der Waals surface area contributed by atoms with Gasteiger partial charge in [-0.15, -0.1) is 0 Å². The van der Waals surface area contributed by atoms with Gasteiger partial charge in [-0.3, -0.25) is 0 Å². The molecule has 1 aliphatic heterocycles. The van der Waals surface area contributed by atoms with Crippen LogP contribution in [0.4, 0.5) is 5.69 Å². The fraction of sp³-hybridized carbons (Fsp3) is 0.600. The Morgan fingerprint density at radius 2 is 1.62 bits per heavy atom. The molecule has 0 unspecified atom stereocenters. The summed E-state index contributed by atoms with van der Waals surface area (Å²) >= 11 is 0. The van der Waals surface area contributed by atoms with Gasteiger partial charge in [0.05, 0.1) is 12.3 Å². The third-order valence-electron chi connectivity index (χ3n) is 4.30. The van der Waals surface area contributed by atoms with Gasteiger partial charge in [0.25, 0.3) is 0 Å².